The minimum absolute atomic E-state index is 0.0180. The molecule has 0 aliphatic carbocycles. The maximum atomic E-state index is 12.5. The summed E-state index contributed by atoms with van der Waals surface area (Å²) in [6.45, 7) is 0.642. The van der Waals surface area contributed by atoms with Crippen molar-refractivity contribution in [2.45, 2.75) is 12.8 Å². The van der Waals surface area contributed by atoms with Gasteiger partial charge in [0.05, 0.1) is 10.2 Å². The average molecular weight is 303 g/mol. The molecule has 1 fully saturated rings. The van der Waals surface area contributed by atoms with Gasteiger partial charge in [0.1, 0.15) is 0 Å². The summed E-state index contributed by atoms with van der Waals surface area (Å²) in [6, 6.07) is 7.83. The Morgan fingerprint density at radius 1 is 1.43 bits per heavy atom. The lowest BCUT2D eigenvalue weighted by Crippen LogP contribution is -2.42. The molecule has 6 heteroatoms. The number of amides is 2. The highest BCUT2D eigenvalue weighted by Gasteiger charge is 2.31. The Hall–Kier alpha value is -1.95. The predicted molar refractivity (Wildman–Crippen MR) is 83.4 cm³/mol. The van der Waals surface area contributed by atoms with Crippen molar-refractivity contribution in [2.75, 3.05) is 25.5 Å². The first kappa shape index (κ1) is 14.0. The van der Waals surface area contributed by atoms with Gasteiger partial charge in [-0.05, 0) is 18.6 Å². The topological polar surface area (TPSA) is 53.5 Å². The number of aromatic nitrogens is 1. The number of anilines is 1. The van der Waals surface area contributed by atoms with Crippen LogP contribution in [0.5, 0.6) is 0 Å². The predicted octanol–water partition coefficient (Wildman–Crippen LogP) is 2.13. The third-order valence-electron chi connectivity index (χ3n) is 3.91. The molecule has 0 saturated carbocycles. The van der Waals surface area contributed by atoms with Crippen LogP contribution in [0, 0.1) is 5.92 Å². The smallest absolute Gasteiger partial charge is 0.232 e. The lowest BCUT2D eigenvalue weighted by Gasteiger charge is -2.29. The number of carbonyl (C=O) groups excluding carboxylic acids is 2. The molecule has 5 nitrogen and oxygen atoms in total. The maximum absolute atomic E-state index is 12.5. The number of likely N-dealkylation sites (tertiary alicyclic amines) is 1. The molecule has 2 aromatic rings. The number of rotatable bonds is 2. The van der Waals surface area contributed by atoms with Crippen molar-refractivity contribution in [3.05, 3.63) is 24.3 Å². The molecule has 0 N–H and O–H groups in total. The molecule has 1 unspecified atom stereocenters. The summed E-state index contributed by atoms with van der Waals surface area (Å²) in [7, 11) is 3.52. The number of piperidine rings is 1. The second-order valence-electron chi connectivity index (χ2n) is 5.37. The van der Waals surface area contributed by atoms with Crippen molar-refractivity contribution < 1.29 is 9.59 Å². The van der Waals surface area contributed by atoms with Crippen LogP contribution in [0.1, 0.15) is 12.8 Å². The summed E-state index contributed by atoms with van der Waals surface area (Å²) in [5.41, 5.74) is 0.900. The van der Waals surface area contributed by atoms with Crippen LogP contribution < -0.4 is 4.90 Å². The fraction of sp³-hybridized carbons (Fsp3) is 0.400. The molecule has 1 saturated heterocycles. The lowest BCUT2D eigenvalue weighted by atomic mass is 9.95. The molecular formula is C15H17N3O2S. The first-order valence-electron chi connectivity index (χ1n) is 6.93. The second kappa shape index (κ2) is 5.44. The van der Waals surface area contributed by atoms with E-state index in [1.54, 1.807) is 23.9 Å². The van der Waals surface area contributed by atoms with Crippen molar-refractivity contribution in [3.63, 3.8) is 0 Å². The van der Waals surface area contributed by atoms with E-state index >= 15 is 0 Å². The zero-order chi connectivity index (χ0) is 15.0. The van der Waals surface area contributed by atoms with Gasteiger partial charge in [-0.15, -0.1) is 0 Å². The number of hydrogen-bond donors (Lipinski definition) is 0. The summed E-state index contributed by atoms with van der Waals surface area (Å²) >= 11 is 1.50. The van der Waals surface area contributed by atoms with Gasteiger partial charge in [-0.2, -0.15) is 0 Å². The van der Waals surface area contributed by atoms with Crippen molar-refractivity contribution in [3.8, 4) is 0 Å². The highest BCUT2D eigenvalue weighted by Crippen LogP contribution is 2.30. The van der Waals surface area contributed by atoms with E-state index in [1.165, 1.54) is 11.3 Å². The van der Waals surface area contributed by atoms with Gasteiger partial charge in [0.15, 0.2) is 5.13 Å². The van der Waals surface area contributed by atoms with E-state index in [0.29, 0.717) is 18.1 Å². The molecule has 0 bridgehead atoms. The Morgan fingerprint density at radius 3 is 2.90 bits per heavy atom. The van der Waals surface area contributed by atoms with Crippen molar-refractivity contribution in [1.82, 2.24) is 9.88 Å². The summed E-state index contributed by atoms with van der Waals surface area (Å²) in [5, 5.41) is 0.688. The third kappa shape index (κ3) is 2.63. The first-order chi connectivity index (χ1) is 10.1. The standard InChI is InChI=1S/C15H17N3O2S/c1-17-8-7-10(9-13(17)19)14(20)18(2)15-16-11-5-3-4-6-12(11)21-15/h3-6,10H,7-9H2,1-2H3. The van der Waals surface area contributed by atoms with Crippen LogP contribution in [0.15, 0.2) is 24.3 Å². The van der Waals surface area contributed by atoms with Crippen LogP contribution in [0.25, 0.3) is 10.2 Å². The average Bonchev–Trinajstić information content (AvgIpc) is 2.92. The SMILES string of the molecule is CN1CCC(C(=O)N(C)c2nc3ccccc3s2)CC1=O. The minimum atomic E-state index is -0.231. The molecule has 1 atom stereocenters. The van der Waals surface area contributed by atoms with Gasteiger partial charge in [-0.25, -0.2) is 4.98 Å². The summed E-state index contributed by atoms with van der Waals surface area (Å²) in [4.78, 5) is 32.1. The van der Waals surface area contributed by atoms with Crippen LogP contribution in [0.3, 0.4) is 0 Å². The first-order valence-corrected chi connectivity index (χ1v) is 7.75. The maximum Gasteiger partial charge on any atom is 0.232 e. The molecular weight excluding hydrogens is 286 g/mol. The van der Waals surface area contributed by atoms with E-state index < -0.39 is 0 Å². The minimum Gasteiger partial charge on any atom is -0.346 e. The number of benzene rings is 1. The van der Waals surface area contributed by atoms with Crippen molar-refractivity contribution in [2.24, 2.45) is 5.92 Å². The normalized spacial score (nSPS) is 19.0. The molecule has 21 heavy (non-hydrogen) atoms. The van der Waals surface area contributed by atoms with E-state index in [2.05, 4.69) is 4.98 Å². The van der Waals surface area contributed by atoms with Gasteiger partial charge in [-0.1, -0.05) is 23.5 Å². The highest BCUT2D eigenvalue weighted by atomic mass is 32.1. The quantitative estimate of drug-likeness (QED) is 0.854. The zero-order valence-corrected chi connectivity index (χ0v) is 12.9. The Bertz CT molecular complexity index is 664. The van der Waals surface area contributed by atoms with E-state index in [4.69, 9.17) is 0 Å². The lowest BCUT2D eigenvalue weighted by molar-refractivity contribution is -0.138. The van der Waals surface area contributed by atoms with Crippen LogP contribution in [0.2, 0.25) is 0 Å². The molecule has 0 radical (unpaired) electrons. The highest BCUT2D eigenvalue weighted by molar-refractivity contribution is 7.22. The van der Waals surface area contributed by atoms with Gasteiger partial charge >= 0.3 is 0 Å². The number of thiazole rings is 1. The molecule has 1 aromatic heterocycles. The molecule has 2 heterocycles. The Labute approximate surface area is 127 Å². The van der Waals surface area contributed by atoms with Gasteiger partial charge in [-0.3, -0.25) is 14.5 Å². The summed E-state index contributed by atoms with van der Waals surface area (Å²) in [5.74, 6) is -0.210. The van der Waals surface area contributed by atoms with E-state index in [0.717, 1.165) is 16.6 Å². The van der Waals surface area contributed by atoms with Crippen LogP contribution >= 0.6 is 11.3 Å². The Balaban J connectivity index is 1.79. The fourth-order valence-electron chi connectivity index (χ4n) is 2.53. The Kier molecular flexibility index (Phi) is 3.63. The molecule has 1 aliphatic heterocycles. The summed E-state index contributed by atoms with van der Waals surface area (Å²) < 4.78 is 1.06. The fourth-order valence-corrected chi connectivity index (χ4v) is 3.46. The van der Waals surface area contributed by atoms with Crippen molar-refractivity contribution in [1.29, 1.82) is 0 Å². The van der Waals surface area contributed by atoms with Gasteiger partial charge in [0, 0.05) is 33.0 Å². The molecule has 3 rings (SSSR count). The van der Waals surface area contributed by atoms with E-state index in [9.17, 15) is 9.59 Å². The van der Waals surface area contributed by atoms with Crippen LogP contribution in [-0.4, -0.2) is 42.3 Å². The molecule has 0 spiro atoms. The number of nitrogens with zero attached hydrogens (tertiary/aromatic N) is 3. The largest absolute Gasteiger partial charge is 0.346 e. The summed E-state index contributed by atoms with van der Waals surface area (Å²) in [6.07, 6.45) is 1.01. The van der Waals surface area contributed by atoms with Gasteiger partial charge < -0.3 is 4.90 Å². The Morgan fingerprint density at radius 2 is 2.19 bits per heavy atom. The molecule has 110 valence electrons. The number of fused-ring (bicyclic) bond motifs is 1. The monoisotopic (exact) mass is 303 g/mol. The zero-order valence-electron chi connectivity index (χ0n) is 12.1. The number of para-hydroxylation sites is 1. The van der Waals surface area contributed by atoms with Crippen LogP contribution in [0.4, 0.5) is 5.13 Å². The van der Waals surface area contributed by atoms with E-state index in [1.807, 2.05) is 24.3 Å². The number of carbonyl (C=O) groups is 2. The van der Waals surface area contributed by atoms with Gasteiger partial charge in [0.25, 0.3) is 0 Å². The van der Waals surface area contributed by atoms with Crippen LogP contribution in [-0.2, 0) is 9.59 Å². The molecule has 2 amide bonds. The number of hydrogen-bond acceptors (Lipinski definition) is 4. The third-order valence-corrected chi connectivity index (χ3v) is 5.02. The van der Waals surface area contributed by atoms with Gasteiger partial charge in [0.2, 0.25) is 11.8 Å². The second-order valence-corrected chi connectivity index (χ2v) is 6.38. The van der Waals surface area contributed by atoms with Crippen molar-refractivity contribution >= 4 is 38.5 Å². The molecule has 1 aromatic carbocycles. The molecule has 1 aliphatic rings. The van der Waals surface area contributed by atoms with E-state index in [-0.39, 0.29) is 17.7 Å².